The van der Waals surface area contributed by atoms with Crippen LogP contribution in [0.5, 0.6) is 0 Å². The Bertz CT molecular complexity index is 538. The first-order chi connectivity index (χ1) is 12.9. The van der Waals surface area contributed by atoms with Crippen LogP contribution in [0.3, 0.4) is 0 Å². The molecule has 2 aliphatic rings. The molecule has 6 nitrogen and oxygen atoms in total. The Balaban J connectivity index is 1.33. The molecule has 0 unspecified atom stereocenters. The Kier molecular flexibility index (Phi) is 7.58. The Morgan fingerprint density at radius 2 is 1.88 bits per heavy atom. The maximum Gasteiger partial charge on any atom is 0.193 e. The number of ether oxygens (including phenoxy) is 2. The second-order valence-electron chi connectivity index (χ2n) is 6.82. The molecule has 144 valence electrons. The summed E-state index contributed by atoms with van der Waals surface area (Å²) in [7, 11) is 1.87. The van der Waals surface area contributed by atoms with Gasteiger partial charge >= 0.3 is 0 Å². The number of nitrogens with one attached hydrogen (secondary N) is 1. The lowest BCUT2D eigenvalue weighted by atomic mass is 10.1. The standard InChI is InChI=1S/C20H32N4O2/c1-21-20(22-10-5-15-26-19-8-16-25-17-9-19)24-13-11-23(12-14-24)18-6-3-2-4-7-18/h2-4,6-7,19H,5,8-17H2,1H3,(H,21,22). The number of anilines is 1. The van der Waals surface area contributed by atoms with Crippen molar-refractivity contribution in [2.45, 2.75) is 25.4 Å². The van der Waals surface area contributed by atoms with E-state index in [9.17, 15) is 0 Å². The highest BCUT2D eigenvalue weighted by atomic mass is 16.5. The third kappa shape index (κ3) is 5.61. The Morgan fingerprint density at radius 3 is 2.58 bits per heavy atom. The molecule has 6 heteroatoms. The molecule has 2 saturated heterocycles. The van der Waals surface area contributed by atoms with Crippen molar-refractivity contribution in [2.24, 2.45) is 4.99 Å². The second kappa shape index (κ2) is 10.4. The van der Waals surface area contributed by atoms with Crippen LogP contribution in [-0.2, 0) is 9.47 Å². The van der Waals surface area contributed by atoms with Gasteiger partial charge in [-0.15, -0.1) is 0 Å². The van der Waals surface area contributed by atoms with E-state index in [1.165, 1.54) is 5.69 Å². The number of hydrogen-bond acceptors (Lipinski definition) is 4. The van der Waals surface area contributed by atoms with E-state index >= 15 is 0 Å². The summed E-state index contributed by atoms with van der Waals surface area (Å²) in [4.78, 5) is 9.23. The zero-order valence-corrected chi connectivity index (χ0v) is 15.9. The fourth-order valence-corrected chi connectivity index (χ4v) is 3.51. The van der Waals surface area contributed by atoms with E-state index in [4.69, 9.17) is 9.47 Å². The van der Waals surface area contributed by atoms with E-state index in [0.29, 0.717) is 6.10 Å². The number of benzene rings is 1. The van der Waals surface area contributed by atoms with Gasteiger partial charge in [0.2, 0.25) is 0 Å². The van der Waals surface area contributed by atoms with Crippen molar-refractivity contribution >= 4 is 11.6 Å². The number of piperazine rings is 1. The lowest BCUT2D eigenvalue weighted by Gasteiger charge is -2.37. The lowest BCUT2D eigenvalue weighted by molar-refractivity contribution is -0.0320. The van der Waals surface area contributed by atoms with Crippen LogP contribution in [0.15, 0.2) is 35.3 Å². The van der Waals surface area contributed by atoms with Gasteiger partial charge in [0.15, 0.2) is 5.96 Å². The van der Waals surface area contributed by atoms with Crippen LogP contribution >= 0.6 is 0 Å². The van der Waals surface area contributed by atoms with Crippen molar-refractivity contribution in [3.8, 4) is 0 Å². The first kappa shape index (κ1) is 19.0. The molecular weight excluding hydrogens is 328 g/mol. The van der Waals surface area contributed by atoms with Crippen LogP contribution in [0.25, 0.3) is 0 Å². The molecular formula is C20H32N4O2. The molecule has 26 heavy (non-hydrogen) atoms. The van der Waals surface area contributed by atoms with Gasteiger partial charge in [0.05, 0.1) is 6.10 Å². The maximum absolute atomic E-state index is 5.93. The van der Waals surface area contributed by atoms with Gasteiger partial charge in [-0.1, -0.05) is 18.2 Å². The van der Waals surface area contributed by atoms with Crippen molar-refractivity contribution in [2.75, 3.05) is 64.5 Å². The Morgan fingerprint density at radius 1 is 1.15 bits per heavy atom. The minimum atomic E-state index is 0.383. The van der Waals surface area contributed by atoms with Crippen molar-refractivity contribution in [1.82, 2.24) is 10.2 Å². The van der Waals surface area contributed by atoms with E-state index in [-0.39, 0.29) is 0 Å². The molecule has 0 radical (unpaired) electrons. The zero-order valence-electron chi connectivity index (χ0n) is 15.9. The number of hydrogen-bond donors (Lipinski definition) is 1. The van der Waals surface area contributed by atoms with Crippen molar-refractivity contribution in [1.29, 1.82) is 0 Å². The molecule has 2 aliphatic heterocycles. The third-order valence-corrected chi connectivity index (χ3v) is 5.04. The Hall–Kier alpha value is -1.79. The van der Waals surface area contributed by atoms with Gasteiger partial charge in [0.1, 0.15) is 0 Å². The molecule has 0 amide bonds. The van der Waals surface area contributed by atoms with E-state index < -0.39 is 0 Å². The fraction of sp³-hybridized carbons (Fsp3) is 0.650. The maximum atomic E-state index is 5.93. The largest absolute Gasteiger partial charge is 0.381 e. The second-order valence-corrected chi connectivity index (χ2v) is 6.82. The SMILES string of the molecule is CN=C(NCCCOC1CCOCC1)N1CCN(c2ccccc2)CC1. The quantitative estimate of drug-likeness (QED) is 0.478. The third-order valence-electron chi connectivity index (χ3n) is 5.04. The number of para-hydroxylation sites is 1. The lowest BCUT2D eigenvalue weighted by Crippen LogP contribution is -2.52. The number of rotatable bonds is 6. The molecule has 2 fully saturated rings. The zero-order chi connectivity index (χ0) is 18.0. The van der Waals surface area contributed by atoms with Crippen LogP contribution in [-0.4, -0.2) is 76.6 Å². The van der Waals surface area contributed by atoms with Gasteiger partial charge < -0.3 is 24.6 Å². The smallest absolute Gasteiger partial charge is 0.193 e. The monoisotopic (exact) mass is 360 g/mol. The topological polar surface area (TPSA) is 49.3 Å². The van der Waals surface area contributed by atoms with Crippen LogP contribution in [0, 0.1) is 0 Å². The minimum absolute atomic E-state index is 0.383. The van der Waals surface area contributed by atoms with Gasteiger partial charge in [0.25, 0.3) is 0 Å². The van der Waals surface area contributed by atoms with Crippen molar-refractivity contribution < 1.29 is 9.47 Å². The average Bonchev–Trinajstić information content (AvgIpc) is 2.72. The van der Waals surface area contributed by atoms with E-state index in [2.05, 4.69) is 50.4 Å². The van der Waals surface area contributed by atoms with E-state index in [1.807, 2.05) is 7.05 Å². The van der Waals surface area contributed by atoms with Gasteiger partial charge in [-0.2, -0.15) is 0 Å². The van der Waals surface area contributed by atoms with Gasteiger partial charge in [-0.25, -0.2) is 0 Å². The molecule has 0 aliphatic carbocycles. The molecule has 0 aromatic heterocycles. The minimum Gasteiger partial charge on any atom is -0.381 e. The molecule has 1 aromatic rings. The normalized spacial score (nSPS) is 19.7. The molecule has 2 heterocycles. The highest BCUT2D eigenvalue weighted by Crippen LogP contribution is 2.15. The summed E-state index contributed by atoms with van der Waals surface area (Å²) in [6.45, 7) is 7.41. The summed E-state index contributed by atoms with van der Waals surface area (Å²) in [5, 5.41) is 3.48. The summed E-state index contributed by atoms with van der Waals surface area (Å²) >= 11 is 0. The number of aliphatic imine (C=N–C) groups is 1. The van der Waals surface area contributed by atoms with E-state index in [0.717, 1.165) is 77.8 Å². The predicted molar refractivity (Wildman–Crippen MR) is 106 cm³/mol. The first-order valence-corrected chi connectivity index (χ1v) is 9.82. The highest BCUT2D eigenvalue weighted by Gasteiger charge is 2.19. The number of nitrogens with zero attached hydrogens (tertiary/aromatic N) is 3. The Labute approximate surface area is 157 Å². The molecule has 0 atom stereocenters. The highest BCUT2D eigenvalue weighted by molar-refractivity contribution is 5.80. The van der Waals surface area contributed by atoms with Gasteiger partial charge in [-0.05, 0) is 31.4 Å². The molecule has 0 bridgehead atoms. The molecule has 0 spiro atoms. The summed E-state index contributed by atoms with van der Waals surface area (Å²) in [5.41, 5.74) is 1.31. The summed E-state index contributed by atoms with van der Waals surface area (Å²) < 4.78 is 11.3. The summed E-state index contributed by atoms with van der Waals surface area (Å²) in [6, 6.07) is 10.6. The van der Waals surface area contributed by atoms with Crippen molar-refractivity contribution in [3.05, 3.63) is 30.3 Å². The molecule has 1 aromatic carbocycles. The van der Waals surface area contributed by atoms with Crippen LogP contribution in [0.2, 0.25) is 0 Å². The van der Waals surface area contributed by atoms with Gasteiger partial charge in [-0.3, -0.25) is 4.99 Å². The molecule has 1 N–H and O–H groups in total. The van der Waals surface area contributed by atoms with Crippen molar-refractivity contribution in [3.63, 3.8) is 0 Å². The average molecular weight is 361 g/mol. The fourth-order valence-electron chi connectivity index (χ4n) is 3.51. The first-order valence-electron chi connectivity index (χ1n) is 9.82. The van der Waals surface area contributed by atoms with Crippen LogP contribution in [0.4, 0.5) is 5.69 Å². The summed E-state index contributed by atoms with van der Waals surface area (Å²) in [6.07, 6.45) is 3.44. The van der Waals surface area contributed by atoms with E-state index in [1.54, 1.807) is 0 Å². The molecule has 0 saturated carbocycles. The molecule has 3 rings (SSSR count). The van der Waals surface area contributed by atoms with Crippen LogP contribution < -0.4 is 10.2 Å². The van der Waals surface area contributed by atoms with Gasteiger partial charge in [0, 0.05) is 65.3 Å². The number of guanidine groups is 1. The van der Waals surface area contributed by atoms with Crippen LogP contribution in [0.1, 0.15) is 19.3 Å². The summed E-state index contributed by atoms with van der Waals surface area (Å²) in [5.74, 6) is 1.00. The predicted octanol–water partition coefficient (Wildman–Crippen LogP) is 1.97.